The van der Waals surface area contributed by atoms with E-state index in [1.54, 1.807) is 24.4 Å². The third kappa shape index (κ3) is 2.52. The number of benzene rings is 1. The summed E-state index contributed by atoms with van der Waals surface area (Å²) in [7, 11) is 0. The lowest BCUT2D eigenvalue weighted by atomic mass is 10.2. The van der Waals surface area contributed by atoms with E-state index in [1.807, 2.05) is 19.1 Å². The van der Waals surface area contributed by atoms with Crippen molar-refractivity contribution in [3.05, 3.63) is 46.6 Å². The van der Waals surface area contributed by atoms with E-state index in [-0.39, 0.29) is 5.75 Å². The van der Waals surface area contributed by atoms with E-state index in [1.165, 1.54) is 0 Å². The molecule has 0 bridgehead atoms. The highest BCUT2D eigenvalue weighted by molar-refractivity contribution is 9.10. The molecule has 0 unspecified atom stereocenters. The number of hydrogen-bond donors (Lipinski definition) is 1. The van der Waals surface area contributed by atoms with Crippen LogP contribution in [0, 0.1) is 6.92 Å². The summed E-state index contributed by atoms with van der Waals surface area (Å²) in [4.78, 5) is 4.06. The second kappa shape index (κ2) is 4.53. The predicted octanol–water partition coefficient (Wildman–Crippen LogP) is 3.65. The highest BCUT2D eigenvalue weighted by atomic mass is 79.9. The van der Waals surface area contributed by atoms with Crippen molar-refractivity contribution < 1.29 is 9.84 Å². The van der Waals surface area contributed by atoms with Gasteiger partial charge in [0.05, 0.1) is 0 Å². The number of phenolic OH excluding ortho intramolecular Hbond substituents is 1. The summed E-state index contributed by atoms with van der Waals surface area (Å²) in [6, 6.07) is 8.79. The molecule has 0 aliphatic rings. The van der Waals surface area contributed by atoms with Crippen molar-refractivity contribution in [2.24, 2.45) is 0 Å². The van der Waals surface area contributed by atoms with Gasteiger partial charge in [-0.05, 0) is 46.6 Å². The van der Waals surface area contributed by atoms with Gasteiger partial charge in [0.2, 0.25) is 5.88 Å². The number of halogens is 1. The van der Waals surface area contributed by atoms with Crippen LogP contribution in [-0.4, -0.2) is 10.1 Å². The van der Waals surface area contributed by atoms with Crippen LogP contribution in [0.2, 0.25) is 0 Å². The number of pyridine rings is 1. The third-order valence-corrected chi connectivity index (χ3v) is 2.50. The predicted molar refractivity (Wildman–Crippen MR) is 64.9 cm³/mol. The van der Waals surface area contributed by atoms with Gasteiger partial charge < -0.3 is 9.84 Å². The van der Waals surface area contributed by atoms with Gasteiger partial charge in [-0.3, -0.25) is 0 Å². The Morgan fingerprint density at radius 1 is 1.25 bits per heavy atom. The van der Waals surface area contributed by atoms with Crippen LogP contribution < -0.4 is 4.74 Å². The molecular formula is C12H10BrNO2. The Labute approximate surface area is 102 Å². The Hall–Kier alpha value is -1.55. The summed E-state index contributed by atoms with van der Waals surface area (Å²) in [5.41, 5.74) is 0.980. The maximum absolute atomic E-state index is 9.65. The molecule has 0 saturated heterocycles. The van der Waals surface area contributed by atoms with Gasteiger partial charge in [-0.25, -0.2) is 4.98 Å². The van der Waals surface area contributed by atoms with Gasteiger partial charge in [-0.1, -0.05) is 6.07 Å². The smallest absolute Gasteiger partial charge is 0.219 e. The largest absolute Gasteiger partial charge is 0.504 e. The molecule has 0 fully saturated rings. The van der Waals surface area contributed by atoms with Crippen LogP contribution >= 0.6 is 15.9 Å². The molecule has 0 radical (unpaired) electrons. The Kier molecular flexibility index (Phi) is 3.10. The summed E-state index contributed by atoms with van der Waals surface area (Å²) in [6.07, 6.45) is 1.64. The lowest BCUT2D eigenvalue weighted by Gasteiger charge is -2.06. The van der Waals surface area contributed by atoms with E-state index >= 15 is 0 Å². The van der Waals surface area contributed by atoms with Crippen molar-refractivity contribution in [3.63, 3.8) is 0 Å². The first kappa shape index (κ1) is 11.0. The van der Waals surface area contributed by atoms with Gasteiger partial charge in [0.1, 0.15) is 0 Å². The van der Waals surface area contributed by atoms with Gasteiger partial charge in [-0.2, -0.15) is 0 Å². The topological polar surface area (TPSA) is 42.4 Å². The fourth-order valence-electron chi connectivity index (χ4n) is 1.25. The number of aromatic nitrogens is 1. The van der Waals surface area contributed by atoms with Crippen LogP contribution in [0.5, 0.6) is 17.4 Å². The van der Waals surface area contributed by atoms with Crippen LogP contribution in [0.1, 0.15) is 5.56 Å². The highest BCUT2D eigenvalue weighted by Crippen LogP contribution is 2.30. The van der Waals surface area contributed by atoms with Crippen LogP contribution in [0.4, 0.5) is 0 Å². The van der Waals surface area contributed by atoms with E-state index in [0.29, 0.717) is 11.6 Å². The maximum atomic E-state index is 9.65. The van der Waals surface area contributed by atoms with Crippen LogP contribution in [0.25, 0.3) is 0 Å². The number of aromatic hydroxyl groups is 1. The highest BCUT2D eigenvalue weighted by Gasteiger charge is 2.04. The molecule has 2 aromatic rings. The summed E-state index contributed by atoms with van der Waals surface area (Å²) >= 11 is 3.29. The van der Waals surface area contributed by atoms with E-state index in [9.17, 15) is 5.11 Å². The third-order valence-electron chi connectivity index (χ3n) is 2.03. The van der Waals surface area contributed by atoms with Crippen molar-refractivity contribution in [1.82, 2.24) is 4.98 Å². The molecule has 3 nitrogen and oxygen atoms in total. The second-order valence-electron chi connectivity index (χ2n) is 3.39. The Morgan fingerprint density at radius 2 is 2.06 bits per heavy atom. The molecule has 0 atom stereocenters. The molecule has 1 heterocycles. The van der Waals surface area contributed by atoms with E-state index in [2.05, 4.69) is 20.9 Å². The van der Waals surface area contributed by atoms with E-state index < -0.39 is 0 Å². The fraction of sp³-hybridized carbons (Fsp3) is 0.0833. The summed E-state index contributed by atoms with van der Waals surface area (Å²) < 4.78 is 6.32. The van der Waals surface area contributed by atoms with Crippen molar-refractivity contribution in [2.75, 3.05) is 0 Å². The first-order valence-electron chi connectivity index (χ1n) is 4.74. The second-order valence-corrected chi connectivity index (χ2v) is 4.30. The first-order chi connectivity index (χ1) is 7.65. The lowest BCUT2D eigenvalue weighted by molar-refractivity contribution is 0.402. The molecule has 4 heteroatoms. The molecule has 16 heavy (non-hydrogen) atoms. The minimum absolute atomic E-state index is 0.115. The monoisotopic (exact) mass is 279 g/mol. The van der Waals surface area contributed by atoms with Crippen molar-refractivity contribution >= 4 is 15.9 Å². The number of nitrogens with zero attached hydrogens (tertiary/aromatic N) is 1. The van der Waals surface area contributed by atoms with E-state index in [0.717, 1.165) is 10.0 Å². The Balaban J connectivity index is 2.23. The summed E-state index contributed by atoms with van der Waals surface area (Å²) in [5.74, 6) is 0.965. The van der Waals surface area contributed by atoms with Crippen LogP contribution in [0.15, 0.2) is 41.0 Å². The quantitative estimate of drug-likeness (QED) is 0.913. The van der Waals surface area contributed by atoms with Gasteiger partial charge in [0, 0.05) is 16.7 Å². The minimum atomic E-state index is 0.115. The number of ether oxygens (including phenoxy) is 1. The van der Waals surface area contributed by atoms with Gasteiger partial charge in [0.15, 0.2) is 11.5 Å². The first-order valence-corrected chi connectivity index (χ1v) is 5.53. The molecule has 0 spiro atoms. The molecule has 0 saturated carbocycles. The molecule has 0 aliphatic carbocycles. The molecule has 2 rings (SSSR count). The minimum Gasteiger partial charge on any atom is -0.504 e. The zero-order valence-corrected chi connectivity index (χ0v) is 10.2. The zero-order chi connectivity index (χ0) is 11.5. The standard InChI is InChI=1S/C12H10BrNO2/c1-8-2-4-11(10(15)6-8)16-12-5-3-9(13)7-14-12/h2-7,15H,1H3. The zero-order valence-electron chi connectivity index (χ0n) is 8.64. The molecule has 1 N–H and O–H groups in total. The molecular weight excluding hydrogens is 270 g/mol. The van der Waals surface area contributed by atoms with Gasteiger partial charge in [0.25, 0.3) is 0 Å². The van der Waals surface area contributed by atoms with Crippen molar-refractivity contribution in [2.45, 2.75) is 6.92 Å². The normalized spacial score (nSPS) is 10.1. The van der Waals surface area contributed by atoms with Crippen molar-refractivity contribution in [3.8, 4) is 17.4 Å². The lowest BCUT2D eigenvalue weighted by Crippen LogP contribution is -1.88. The Morgan fingerprint density at radius 3 is 2.69 bits per heavy atom. The molecule has 1 aromatic heterocycles. The summed E-state index contributed by atoms with van der Waals surface area (Å²) in [5, 5.41) is 9.65. The molecule has 0 amide bonds. The number of aryl methyl sites for hydroxylation is 1. The van der Waals surface area contributed by atoms with Crippen LogP contribution in [-0.2, 0) is 0 Å². The van der Waals surface area contributed by atoms with Gasteiger partial charge in [-0.15, -0.1) is 0 Å². The summed E-state index contributed by atoms with van der Waals surface area (Å²) in [6.45, 7) is 1.90. The number of phenols is 1. The molecule has 1 aromatic carbocycles. The SMILES string of the molecule is Cc1ccc(Oc2ccc(Br)cn2)c(O)c1. The molecule has 82 valence electrons. The number of rotatable bonds is 2. The maximum Gasteiger partial charge on any atom is 0.219 e. The fourth-order valence-corrected chi connectivity index (χ4v) is 1.48. The van der Waals surface area contributed by atoms with Crippen LogP contribution in [0.3, 0.4) is 0 Å². The number of hydrogen-bond acceptors (Lipinski definition) is 3. The average Bonchev–Trinajstić information content (AvgIpc) is 2.25. The van der Waals surface area contributed by atoms with E-state index in [4.69, 9.17) is 4.74 Å². The average molecular weight is 280 g/mol. The van der Waals surface area contributed by atoms with Crippen molar-refractivity contribution in [1.29, 1.82) is 0 Å². The molecule has 0 aliphatic heterocycles. The Bertz CT molecular complexity index is 497. The van der Waals surface area contributed by atoms with Gasteiger partial charge >= 0.3 is 0 Å².